The van der Waals surface area contributed by atoms with Gasteiger partial charge in [-0.1, -0.05) is 24.9 Å². The molecular weight excluding hydrogens is 404 g/mol. The molecule has 0 radical (unpaired) electrons. The lowest BCUT2D eigenvalue weighted by Gasteiger charge is -2.46. The van der Waals surface area contributed by atoms with E-state index in [-0.39, 0.29) is 11.3 Å². The van der Waals surface area contributed by atoms with Crippen molar-refractivity contribution in [3.05, 3.63) is 18.0 Å². The van der Waals surface area contributed by atoms with E-state index in [0.717, 1.165) is 18.4 Å². The highest BCUT2D eigenvalue weighted by atomic mass is 32.2. The maximum atomic E-state index is 12.7. The van der Waals surface area contributed by atoms with Gasteiger partial charge in [-0.3, -0.25) is 4.99 Å². The van der Waals surface area contributed by atoms with E-state index in [1.165, 1.54) is 36.3 Å². The fourth-order valence-electron chi connectivity index (χ4n) is 4.70. The summed E-state index contributed by atoms with van der Waals surface area (Å²) in [6.45, 7) is 5.30. The molecule has 2 unspecified atom stereocenters. The van der Waals surface area contributed by atoms with Gasteiger partial charge in [0.2, 0.25) is 10.0 Å². The fourth-order valence-corrected chi connectivity index (χ4v) is 6.13. The molecule has 1 aliphatic heterocycles. The second-order valence-electron chi connectivity index (χ2n) is 8.85. The normalized spacial score (nSPS) is 26.9. The van der Waals surface area contributed by atoms with E-state index in [0.29, 0.717) is 31.9 Å². The standard InChI is InChI=1S/C20H36N6O3S/c1-17-6-5-8-20(14-17,24(3)4)16-22-19(21-2)25-9-11-26(12-10-25)30(27,28)15-18-7-13-29-23-18/h7,13,17H,5-6,8-12,14-16H2,1-4H3,(H,21,22). The number of rotatable bonds is 6. The minimum Gasteiger partial charge on any atom is -0.364 e. The van der Waals surface area contributed by atoms with Crippen molar-refractivity contribution in [3.63, 3.8) is 0 Å². The molecule has 1 aromatic rings. The van der Waals surface area contributed by atoms with Crippen LogP contribution in [0.4, 0.5) is 0 Å². The number of aromatic nitrogens is 1. The minimum atomic E-state index is -3.40. The van der Waals surface area contributed by atoms with Gasteiger partial charge in [0.15, 0.2) is 5.96 Å². The van der Waals surface area contributed by atoms with Crippen LogP contribution in [0.2, 0.25) is 0 Å². The molecule has 2 heterocycles. The third-order valence-corrected chi connectivity index (χ3v) is 8.37. The number of piperazine rings is 1. The summed E-state index contributed by atoms with van der Waals surface area (Å²) < 4.78 is 31.6. The average molecular weight is 441 g/mol. The van der Waals surface area contributed by atoms with Crippen LogP contribution in [0.15, 0.2) is 21.8 Å². The van der Waals surface area contributed by atoms with Crippen LogP contribution in [-0.2, 0) is 15.8 Å². The largest absolute Gasteiger partial charge is 0.364 e. The Morgan fingerprint density at radius 3 is 2.67 bits per heavy atom. The Bertz CT molecular complexity index is 803. The van der Waals surface area contributed by atoms with E-state index >= 15 is 0 Å². The van der Waals surface area contributed by atoms with Crippen molar-refractivity contribution in [2.24, 2.45) is 10.9 Å². The van der Waals surface area contributed by atoms with Crippen molar-refractivity contribution in [3.8, 4) is 0 Å². The Kier molecular flexibility index (Phi) is 7.41. The number of likely N-dealkylation sites (N-methyl/N-ethyl adjacent to an activating group) is 1. The highest BCUT2D eigenvalue weighted by Crippen LogP contribution is 2.35. The van der Waals surface area contributed by atoms with Gasteiger partial charge in [0.05, 0.1) is 5.69 Å². The van der Waals surface area contributed by atoms with Crippen LogP contribution in [0.25, 0.3) is 0 Å². The highest BCUT2D eigenvalue weighted by Gasteiger charge is 2.37. The van der Waals surface area contributed by atoms with Gasteiger partial charge in [-0.25, -0.2) is 8.42 Å². The van der Waals surface area contributed by atoms with Crippen LogP contribution in [0.5, 0.6) is 0 Å². The summed E-state index contributed by atoms with van der Waals surface area (Å²) in [6, 6.07) is 1.59. The number of nitrogens with one attached hydrogen (secondary N) is 1. The summed E-state index contributed by atoms with van der Waals surface area (Å²) in [6.07, 6.45) is 6.31. The highest BCUT2D eigenvalue weighted by molar-refractivity contribution is 7.88. The van der Waals surface area contributed by atoms with Crippen LogP contribution in [-0.4, -0.2) is 93.0 Å². The van der Waals surface area contributed by atoms with Gasteiger partial charge >= 0.3 is 0 Å². The van der Waals surface area contributed by atoms with Gasteiger partial charge in [0.1, 0.15) is 12.0 Å². The zero-order valence-corrected chi connectivity index (χ0v) is 19.5. The lowest BCUT2D eigenvalue weighted by Crippen LogP contribution is -2.59. The lowest BCUT2D eigenvalue weighted by molar-refractivity contribution is 0.0786. The monoisotopic (exact) mass is 440 g/mol. The molecule has 0 amide bonds. The summed E-state index contributed by atoms with van der Waals surface area (Å²) in [5, 5.41) is 7.31. The Labute approximate surface area is 180 Å². The van der Waals surface area contributed by atoms with Gasteiger partial charge in [0, 0.05) is 51.4 Å². The van der Waals surface area contributed by atoms with Gasteiger partial charge in [-0.05, 0) is 32.9 Å². The molecule has 9 nitrogen and oxygen atoms in total. The van der Waals surface area contributed by atoms with E-state index in [4.69, 9.17) is 4.52 Å². The first-order valence-corrected chi connectivity index (χ1v) is 12.4. The Balaban J connectivity index is 1.56. The molecule has 0 bridgehead atoms. The maximum absolute atomic E-state index is 12.7. The molecule has 1 saturated heterocycles. The zero-order chi connectivity index (χ0) is 21.8. The third kappa shape index (κ3) is 5.33. The van der Waals surface area contributed by atoms with Crippen LogP contribution in [0.1, 0.15) is 38.3 Å². The van der Waals surface area contributed by atoms with E-state index in [2.05, 4.69) is 46.3 Å². The first kappa shape index (κ1) is 23.0. The Morgan fingerprint density at radius 2 is 2.10 bits per heavy atom. The van der Waals surface area contributed by atoms with Gasteiger partial charge in [0.25, 0.3) is 0 Å². The van der Waals surface area contributed by atoms with Crippen LogP contribution >= 0.6 is 0 Å². The molecule has 2 aliphatic rings. The lowest BCUT2D eigenvalue weighted by atomic mass is 9.75. The molecule has 1 saturated carbocycles. The van der Waals surface area contributed by atoms with Crippen molar-refractivity contribution in [1.29, 1.82) is 0 Å². The second kappa shape index (κ2) is 9.65. The second-order valence-corrected chi connectivity index (χ2v) is 10.8. The fraction of sp³-hybridized carbons (Fsp3) is 0.800. The van der Waals surface area contributed by atoms with Crippen LogP contribution in [0.3, 0.4) is 0 Å². The predicted molar refractivity (Wildman–Crippen MR) is 118 cm³/mol. The summed E-state index contributed by atoms with van der Waals surface area (Å²) in [7, 11) is 2.73. The number of hydrogen-bond donors (Lipinski definition) is 1. The molecule has 1 N–H and O–H groups in total. The van der Waals surface area contributed by atoms with E-state index < -0.39 is 10.0 Å². The summed E-state index contributed by atoms with van der Waals surface area (Å²) in [4.78, 5) is 8.99. The molecule has 10 heteroatoms. The molecular formula is C20H36N6O3S. The Morgan fingerprint density at radius 1 is 1.37 bits per heavy atom. The predicted octanol–water partition coefficient (Wildman–Crippen LogP) is 1.21. The number of hydrogen-bond acceptors (Lipinski definition) is 6. The average Bonchev–Trinajstić information content (AvgIpc) is 3.21. The van der Waals surface area contributed by atoms with Crippen molar-refractivity contribution < 1.29 is 12.9 Å². The molecule has 2 atom stereocenters. The van der Waals surface area contributed by atoms with Gasteiger partial charge in [-0.2, -0.15) is 4.31 Å². The number of nitrogens with zero attached hydrogens (tertiary/aromatic N) is 5. The summed E-state index contributed by atoms with van der Waals surface area (Å²) in [5.41, 5.74) is 0.571. The third-order valence-electron chi connectivity index (χ3n) is 6.56. The molecule has 0 aromatic carbocycles. The molecule has 30 heavy (non-hydrogen) atoms. The minimum absolute atomic E-state index is 0.125. The number of guanidine groups is 1. The molecule has 1 aliphatic carbocycles. The van der Waals surface area contributed by atoms with E-state index in [1.54, 1.807) is 13.1 Å². The molecule has 170 valence electrons. The van der Waals surface area contributed by atoms with Gasteiger partial charge in [-0.15, -0.1) is 0 Å². The smallest absolute Gasteiger partial charge is 0.220 e. The number of aliphatic imine (C=N–C) groups is 1. The quantitative estimate of drug-likeness (QED) is 0.525. The Hall–Kier alpha value is -1.65. The van der Waals surface area contributed by atoms with E-state index in [9.17, 15) is 8.42 Å². The first-order chi connectivity index (χ1) is 14.3. The molecule has 2 fully saturated rings. The van der Waals surface area contributed by atoms with Crippen molar-refractivity contribution >= 4 is 16.0 Å². The molecule has 0 spiro atoms. The van der Waals surface area contributed by atoms with Crippen LogP contribution in [0, 0.1) is 5.92 Å². The first-order valence-electron chi connectivity index (χ1n) is 10.8. The van der Waals surface area contributed by atoms with Crippen molar-refractivity contribution in [2.75, 3.05) is 53.9 Å². The summed E-state index contributed by atoms with van der Waals surface area (Å²) >= 11 is 0. The van der Waals surface area contributed by atoms with Crippen molar-refractivity contribution in [1.82, 2.24) is 24.6 Å². The topological polar surface area (TPSA) is 94.3 Å². The number of sulfonamides is 1. The van der Waals surface area contributed by atoms with Crippen molar-refractivity contribution in [2.45, 2.75) is 43.9 Å². The summed E-state index contributed by atoms with van der Waals surface area (Å²) in [5.74, 6) is 1.45. The van der Waals surface area contributed by atoms with E-state index in [1.807, 2.05) is 0 Å². The van der Waals surface area contributed by atoms with Gasteiger partial charge < -0.3 is 19.6 Å². The molecule has 1 aromatic heterocycles. The maximum Gasteiger partial charge on any atom is 0.220 e. The zero-order valence-electron chi connectivity index (χ0n) is 18.7. The molecule has 3 rings (SSSR count). The van der Waals surface area contributed by atoms with Crippen LogP contribution < -0.4 is 5.32 Å². The SMILES string of the molecule is CN=C(NCC1(N(C)C)CCCC(C)C1)N1CCN(S(=O)(=O)Cc2ccon2)CC1.